The molecular weight excluding hydrogens is 224 g/mol. The standard InChI is InChI=1S/C7H7BrN2O2/c8-5-1-3-6(4-2-5)9-10-7(11)12/h1-4,9-10H,(H,11,12). The number of benzene rings is 1. The Morgan fingerprint density at radius 1 is 1.33 bits per heavy atom. The maximum absolute atomic E-state index is 10.1. The van der Waals surface area contributed by atoms with Gasteiger partial charge in [-0.3, -0.25) is 5.43 Å². The number of rotatable bonds is 2. The van der Waals surface area contributed by atoms with E-state index in [0.29, 0.717) is 5.69 Å². The van der Waals surface area contributed by atoms with Crippen molar-refractivity contribution in [3.8, 4) is 0 Å². The van der Waals surface area contributed by atoms with Gasteiger partial charge in [0.2, 0.25) is 0 Å². The molecule has 0 radical (unpaired) electrons. The minimum Gasteiger partial charge on any atom is -0.464 e. The van der Waals surface area contributed by atoms with Gasteiger partial charge in [-0.2, -0.15) is 0 Å². The molecule has 1 rings (SSSR count). The lowest BCUT2D eigenvalue weighted by molar-refractivity contribution is 0.197. The summed E-state index contributed by atoms with van der Waals surface area (Å²) < 4.78 is 0.948. The van der Waals surface area contributed by atoms with Crippen LogP contribution in [0.3, 0.4) is 0 Å². The van der Waals surface area contributed by atoms with Crippen LogP contribution in [0.2, 0.25) is 0 Å². The maximum Gasteiger partial charge on any atom is 0.423 e. The molecule has 0 bridgehead atoms. The Hall–Kier alpha value is -1.23. The van der Waals surface area contributed by atoms with Gasteiger partial charge in [0.05, 0.1) is 5.69 Å². The van der Waals surface area contributed by atoms with E-state index in [1.165, 1.54) is 0 Å². The van der Waals surface area contributed by atoms with Crippen LogP contribution in [0.25, 0.3) is 0 Å². The first kappa shape index (κ1) is 8.86. The number of carboxylic acid groups (broad SMARTS) is 1. The van der Waals surface area contributed by atoms with Crippen LogP contribution in [0, 0.1) is 0 Å². The Bertz CT molecular complexity index is 273. The van der Waals surface area contributed by atoms with Crippen molar-refractivity contribution in [2.24, 2.45) is 0 Å². The van der Waals surface area contributed by atoms with Crippen LogP contribution < -0.4 is 10.9 Å². The van der Waals surface area contributed by atoms with Gasteiger partial charge >= 0.3 is 6.09 Å². The highest BCUT2D eigenvalue weighted by atomic mass is 79.9. The van der Waals surface area contributed by atoms with Crippen molar-refractivity contribution in [2.45, 2.75) is 0 Å². The number of carbonyl (C=O) groups is 1. The van der Waals surface area contributed by atoms with E-state index in [4.69, 9.17) is 5.11 Å². The van der Waals surface area contributed by atoms with Crippen molar-refractivity contribution in [1.82, 2.24) is 5.43 Å². The monoisotopic (exact) mass is 230 g/mol. The van der Waals surface area contributed by atoms with Gasteiger partial charge in [0.15, 0.2) is 0 Å². The van der Waals surface area contributed by atoms with E-state index in [1.54, 1.807) is 12.1 Å². The first-order valence-corrected chi connectivity index (χ1v) is 3.98. The second kappa shape index (κ2) is 3.96. The Morgan fingerprint density at radius 2 is 1.92 bits per heavy atom. The molecule has 0 saturated carbocycles. The zero-order valence-electron chi connectivity index (χ0n) is 6.04. The van der Waals surface area contributed by atoms with Gasteiger partial charge < -0.3 is 5.11 Å². The van der Waals surface area contributed by atoms with E-state index >= 15 is 0 Å². The Labute approximate surface area is 77.7 Å². The van der Waals surface area contributed by atoms with Crippen LogP contribution in [0.15, 0.2) is 28.7 Å². The highest BCUT2D eigenvalue weighted by Crippen LogP contribution is 2.12. The molecule has 0 atom stereocenters. The summed E-state index contributed by atoms with van der Waals surface area (Å²) in [5.41, 5.74) is 5.23. The highest BCUT2D eigenvalue weighted by molar-refractivity contribution is 9.10. The van der Waals surface area contributed by atoms with E-state index in [9.17, 15) is 4.79 Å². The fourth-order valence-corrected chi connectivity index (χ4v) is 0.923. The fraction of sp³-hybridized carbons (Fsp3) is 0. The molecular formula is C7H7BrN2O2. The van der Waals surface area contributed by atoms with E-state index in [0.717, 1.165) is 4.47 Å². The molecule has 0 saturated heterocycles. The molecule has 0 unspecified atom stereocenters. The first-order chi connectivity index (χ1) is 5.68. The molecule has 3 N–H and O–H groups in total. The SMILES string of the molecule is O=C(O)NNc1ccc(Br)cc1. The van der Waals surface area contributed by atoms with Gasteiger partial charge in [0.1, 0.15) is 0 Å². The van der Waals surface area contributed by atoms with E-state index in [1.807, 2.05) is 17.6 Å². The normalized spacial score (nSPS) is 9.08. The summed E-state index contributed by atoms with van der Waals surface area (Å²) in [7, 11) is 0. The van der Waals surface area contributed by atoms with E-state index in [2.05, 4.69) is 21.4 Å². The van der Waals surface area contributed by atoms with Gasteiger partial charge in [0, 0.05) is 4.47 Å². The van der Waals surface area contributed by atoms with E-state index in [-0.39, 0.29) is 0 Å². The summed E-state index contributed by atoms with van der Waals surface area (Å²) in [6, 6.07) is 7.12. The maximum atomic E-state index is 10.1. The third-order valence-corrected chi connectivity index (χ3v) is 1.69. The van der Waals surface area contributed by atoms with Crippen molar-refractivity contribution in [2.75, 3.05) is 5.43 Å². The molecule has 1 aromatic rings. The van der Waals surface area contributed by atoms with Gasteiger partial charge in [-0.1, -0.05) is 15.9 Å². The largest absolute Gasteiger partial charge is 0.464 e. The number of amides is 1. The molecule has 0 spiro atoms. The lowest BCUT2D eigenvalue weighted by Gasteiger charge is -2.03. The van der Waals surface area contributed by atoms with Gasteiger partial charge in [-0.05, 0) is 24.3 Å². The van der Waals surface area contributed by atoms with Crippen molar-refractivity contribution in [3.63, 3.8) is 0 Å². The molecule has 0 heterocycles. The second-order valence-electron chi connectivity index (χ2n) is 2.06. The molecule has 0 aliphatic heterocycles. The summed E-state index contributed by atoms with van der Waals surface area (Å²) in [5.74, 6) is 0. The average Bonchev–Trinajstić information content (AvgIpc) is 2.03. The summed E-state index contributed by atoms with van der Waals surface area (Å²) in [5, 5.41) is 8.25. The number of halogens is 1. The van der Waals surface area contributed by atoms with Crippen LogP contribution in [-0.2, 0) is 0 Å². The summed E-state index contributed by atoms with van der Waals surface area (Å²) >= 11 is 3.26. The van der Waals surface area contributed by atoms with Crippen LogP contribution in [0.1, 0.15) is 0 Å². The summed E-state index contributed by atoms with van der Waals surface area (Å²) in [4.78, 5) is 10.1. The smallest absolute Gasteiger partial charge is 0.423 e. The topological polar surface area (TPSA) is 61.4 Å². The van der Waals surface area contributed by atoms with Gasteiger partial charge in [-0.15, -0.1) is 0 Å². The molecule has 1 aromatic carbocycles. The number of hydrazine groups is 1. The lowest BCUT2D eigenvalue weighted by atomic mass is 10.3. The molecule has 1 amide bonds. The third kappa shape index (κ3) is 2.79. The highest BCUT2D eigenvalue weighted by Gasteiger charge is 1.93. The molecule has 5 heteroatoms. The molecule has 0 aromatic heterocycles. The van der Waals surface area contributed by atoms with Crippen LogP contribution in [0.4, 0.5) is 10.5 Å². The van der Waals surface area contributed by atoms with Crippen molar-refractivity contribution < 1.29 is 9.90 Å². The molecule has 0 aliphatic carbocycles. The van der Waals surface area contributed by atoms with Gasteiger partial charge in [0.25, 0.3) is 0 Å². The Morgan fingerprint density at radius 3 is 2.42 bits per heavy atom. The average molecular weight is 231 g/mol. The quantitative estimate of drug-likeness (QED) is 0.682. The predicted octanol–water partition coefficient (Wildman–Crippen LogP) is 2.04. The number of hydrogen-bond acceptors (Lipinski definition) is 2. The molecule has 4 nitrogen and oxygen atoms in total. The summed E-state index contributed by atoms with van der Waals surface area (Å²) in [6.07, 6.45) is -1.11. The Kier molecular flexibility index (Phi) is 2.93. The Balaban J connectivity index is 2.53. The van der Waals surface area contributed by atoms with Crippen molar-refractivity contribution >= 4 is 27.7 Å². The zero-order chi connectivity index (χ0) is 8.97. The van der Waals surface area contributed by atoms with Crippen molar-refractivity contribution in [3.05, 3.63) is 28.7 Å². The van der Waals surface area contributed by atoms with Crippen LogP contribution in [-0.4, -0.2) is 11.2 Å². The zero-order valence-corrected chi connectivity index (χ0v) is 7.63. The molecule has 0 aliphatic rings. The second-order valence-corrected chi connectivity index (χ2v) is 2.98. The third-order valence-electron chi connectivity index (χ3n) is 1.16. The van der Waals surface area contributed by atoms with Crippen LogP contribution >= 0.6 is 15.9 Å². The summed E-state index contributed by atoms with van der Waals surface area (Å²) in [6.45, 7) is 0. The van der Waals surface area contributed by atoms with E-state index < -0.39 is 6.09 Å². The number of hydrogen-bond donors (Lipinski definition) is 3. The van der Waals surface area contributed by atoms with Gasteiger partial charge in [-0.25, -0.2) is 10.2 Å². The number of anilines is 1. The van der Waals surface area contributed by atoms with Crippen LogP contribution in [0.5, 0.6) is 0 Å². The minimum absolute atomic E-state index is 0.695. The number of nitrogens with one attached hydrogen (secondary N) is 2. The minimum atomic E-state index is -1.11. The predicted molar refractivity (Wildman–Crippen MR) is 48.9 cm³/mol. The molecule has 0 fully saturated rings. The lowest BCUT2D eigenvalue weighted by Crippen LogP contribution is -2.27. The first-order valence-electron chi connectivity index (χ1n) is 3.19. The van der Waals surface area contributed by atoms with Crippen molar-refractivity contribution in [1.29, 1.82) is 0 Å². The molecule has 64 valence electrons. The molecule has 12 heavy (non-hydrogen) atoms. The fourth-order valence-electron chi connectivity index (χ4n) is 0.659.